The van der Waals surface area contributed by atoms with Gasteiger partial charge in [-0.15, -0.1) is 0 Å². The van der Waals surface area contributed by atoms with E-state index in [0.29, 0.717) is 11.2 Å². The largest absolute Gasteiger partial charge is 0.326 e. The molecule has 0 spiro atoms. The minimum atomic E-state index is -0.306. The van der Waals surface area contributed by atoms with Crippen LogP contribution < -0.4 is 0 Å². The molecule has 0 aliphatic rings. The highest BCUT2D eigenvalue weighted by molar-refractivity contribution is 5.93. The number of aromatic nitrogens is 4. The van der Waals surface area contributed by atoms with Gasteiger partial charge in [-0.05, 0) is 18.2 Å². The van der Waals surface area contributed by atoms with Gasteiger partial charge in [-0.2, -0.15) is 5.10 Å². The summed E-state index contributed by atoms with van der Waals surface area (Å²) in [7, 11) is 1.93. The van der Waals surface area contributed by atoms with Crippen LogP contribution in [0.3, 0.4) is 0 Å². The van der Waals surface area contributed by atoms with Gasteiger partial charge in [0.25, 0.3) is 0 Å². The summed E-state index contributed by atoms with van der Waals surface area (Å²) in [5.74, 6) is 0.420. The molecule has 0 fully saturated rings. The van der Waals surface area contributed by atoms with E-state index in [1.54, 1.807) is 6.07 Å². The Balaban J connectivity index is 2.06. The highest BCUT2D eigenvalue weighted by atomic mass is 19.1. The van der Waals surface area contributed by atoms with Gasteiger partial charge in [0.1, 0.15) is 17.0 Å². The quantitative estimate of drug-likeness (QED) is 0.575. The predicted octanol–water partition coefficient (Wildman–Crippen LogP) is 3.26. The van der Waals surface area contributed by atoms with E-state index in [9.17, 15) is 4.39 Å². The number of benzene rings is 2. The summed E-state index contributed by atoms with van der Waals surface area (Å²) in [5, 5.41) is 7.72. The normalized spacial score (nSPS) is 11.5. The maximum absolute atomic E-state index is 13.7. The van der Waals surface area contributed by atoms with Crippen LogP contribution in [0.2, 0.25) is 0 Å². The number of hydrogen-bond donors (Lipinski definition) is 1. The van der Waals surface area contributed by atoms with Crippen LogP contribution in [-0.2, 0) is 7.05 Å². The second-order valence-corrected chi connectivity index (χ2v) is 4.72. The molecule has 98 valence electrons. The van der Waals surface area contributed by atoms with Crippen molar-refractivity contribution >= 4 is 21.9 Å². The third kappa shape index (κ3) is 1.40. The molecule has 0 saturated carbocycles. The monoisotopic (exact) mass is 266 g/mol. The molecule has 2 heterocycles. The van der Waals surface area contributed by atoms with Gasteiger partial charge in [-0.1, -0.05) is 24.3 Å². The van der Waals surface area contributed by atoms with Crippen molar-refractivity contribution in [3.8, 4) is 11.5 Å². The van der Waals surface area contributed by atoms with Crippen LogP contribution in [0, 0.1) is 5.82 Å². The zero-order valence-electron chi connectivity index (χ0n) is 10.8. The molecule has 2 aromatic carbocycles. The first kappa shape index (κ1) is 11.2. The fourth-order valence-corrected chi connectivity index (χ4v) is 2.53. The number of halogens is 1. The topological polar surface area (TPSA) is 46.5 Å². The molecule has 0 amide bonds. The van der Waals surface area contributed by atoms with Crippen molar-refractivity contribution in [3.63, 3.8) is 0 Å². The number of H-pyrrole nitrogens is 1. The van der Waals surface area contributed by atoms with E-state index in [-0.39, 0.29) is 5.82 Å². The molecule has 0 atom stereocenters. The van der Waals surface area contributed by atoms with Crippen LogP contribution in [0.25, 0.3) is 33.5 Å². The summed E-state index contributed by atoms with van der Waals surface area (Å²) in [4.78, 5) is 4.59. The van der Waals surface area contributed by atoms with E-state index in [0.717, 1.165) is 22.2 Å². The van der Waals surface area contributed by atoms with E-state index >= 15 is 0 Å². The number of hydrogen-bond acceptors (Lipinski definition) is 2. The van der Waals surface area contributed by atoms with E-state index in [2.05, 4.69) is 15.2 Å². The molecule has 0 aliphatic heterocycles. The summed E-state index contributed by atoms with van der Waals surface area (Å²) >= 11 is 0. The Morgan fingerprint density at radius 3 is 2.80 bits per heavy atom. The maximum Gasteiger partial charge on any atom is 0.162 e. The van der Waals surface area contributed by atoms with Crippen molar-refractivity contribution in [1.29, 1.82) is 0 Å². The number of fused-ring (bicyclic) bond motifs is 2. The Morgan fingerprint density at radius 2 is 1.95 bits per heavy atom. The summed E-state index contributed by atoms with van der Waals surface area (Å²) in [5.41, 5.74) is 3.00. The van der Waals surface area contributed by atoms with Gasteiger partial charge in [0.15, 0.2) is 5.82 Å². The molecule has 4 rings (SSSR count). The molecule has 0 saturated heterocycles. The molecule has 20 heavy (non-hydrogen) atoms. The molecule has 4 aromatic rings. The standard InChI is InChI=1S/C15H11FN4/c1-20-12-8-3-2-7-11(12)17-15(20)14-9-5-4-6-10(16)13(9)18-19-14/h2-8H,1H3,(H,18,19). The van der Waals surface area contributed by atoms with Gasteiger partial charge in [0.05, 0.1) is 11.0 Å². The van der Waals surface area contributed by atoms with Gasteiger partial charge >= 0.3 is 0 Å². The molecule has 4 nitrogen and oxygen atoms in total. The molecule has 5 heteroatoms. The highest BCUT2D eigenvalue weighted by Crippen LogP contribution is 2.28. The number of para-hydroxylation sites is 3. The van der Waals surface area contributed by atoms with Crippen molar-refractivity contribution in [3.05, 3.63) is 48.3 Å². The smallest absolute Gasteiger partial charge is 0.162 e. The molecular formula is C15H11FN4. The predicted molar refractivity (Wildman–Crippen MR) is 75.8 cm³/mol. The lowest BCUT2D eigenvalue weighted by Crippen LogP contribution is -1.93. The van der Waals surface area contributed by atoms with Crippen molar-refractivity contribution in [2.24, 2.45) is 7.05 Å². The van der Waals surface area contributed by atoms with Crippen molar-refractivity contribution in [2.45, 2.75) is 0 Å². The minimum Gasteiger partial charge on any atom is -0.326 e. The lowest BCUT2D eigenvalue weighted by molar-refractivity contribution is 0.636. The molecule has 0 unspecified atom stereocenters. The molecular weight excluding hydrogens is 255 g/mol. The van der Waals surface area contributed by atoms with Gasteiger partial charge in [0, 0.05) is 12.4 Å². The number of nitrogens with one attached hydrogen (secondary N) is 1. The first-order valence-electron chi connectivity index (χ1n) is 6.30. The van der Waals surface area contributed by atoms with E-state index in [4.69, 9.17) is 0 Å². The average molecular weight is 266 g/mol. The fourth-order valence-electron chi connectivity index (χ4n) is 2.53. The number of aromatic amines is 1. The molecule has 1 N–H and O–H groups in total. The first-order chi connectivity index (χ1) is 9.75. The highest BCUT2D eigenvalue weighted by Gasteiger charge is 2.16. The van der Waals surface area contributed by atoms with E-state index in [1.807, 2.05) is 41.9 Å². The van der Waals surface area contributed by atoms with Crippen LogP contribution in [0.15, 0.2) is 42.5 Å². The Morgan fingerprint density at radius 1 is 1.10 bits per heavy atom. The molecule has 0 aliphatic carbocycles. The third-order valence-electron chi connectivity index (χ3n) is 3.55. The van der Waals surface area contributed by atoms with Crippen molar-refractivity contribution < 1.29 is 4.39 Å². The van der Waals surface area contributed by atoms with E-state index < -0.39 is 0 Å². The molecule has 0 radical (unpaired) electrons. The lowest BCUT2D eigenvalue weighted by atomic mass is 10.2. The summed E-state index contributed by atoms with van der Waals surface area (Å²) in [6.07, 6.45) is 0. The fraction of sp³-hybridized carbons (Fsp3) is 0.0667. The molecule has 0 bridgehead atoms. The second kappa shape index (κ2) is 3.90. The Bertz CT molecular complexity index is 936. The van der Waals surface area contributed by atoms with Gasteiger partial charge in [-0.25, -0.2) is 9.37 Å². The summed E-state index contributed by atoms with van der Waals surface area (Å²) in [6.45, 7) is 0. The van der Waals surface area contributed by atoms with Gasteiger partial charge in [-0.3, -0.25) is 5.10 Å². The SMILES string of the molecule is Cn1c(-c2n[nH]c3c(F)cccc23)nc2ccccc21. The number of aryl methyl sites for hydroxylation is 1. The van der Waals surface area contributed by atoms with Crippen LogP contribution in [0.1, 0.15) is 0 Å². The number of nitrogens with zero attached hydrogens (tertiary/aromatic N) is 3. The van der Waals surface area contributed by atoms with Crippen molar-refractivity contribution in [1.82, 2.24) is 19.7 Å². The van der Waals surface area contributed by atoms with Gasteiger partial charge in [0.2, 0.25) is 0 Å². The summed E-state index contributed by atoms with van der Waals surface area (Å²) < 4.78 is 15.7. The minimum absolute atomic E-state index is 0.306. The Labute approximate surface area is 113 Å². The maximum atomic E-state index is 13.7. The summed E-state index contributed by atoms with van der Waals surface area (Å²) in [6, 6.07) is 12.8. The van der Waals surface area contributed by atoms with Crippen LogP contribution >= 0.6 is 0 Å². The average Bonchev–Trinajstić information content (AvgIpc) is 3.02. The third-order valence-corrected chi connectivity index (χ3v) is 3.55. The van der Waals surface area contributed by atoms with Crippen LogP contribution in [-0.4, -0.2) is 19.7 Å². The number of rotatable bonds is 1. The molecule has 2 aromatic heterocycles. The zero-order chi connectivity index (χ0) is 13.7. The lowest BCUT2D eigenvalue weighted by Gasteiger charge is -1.99. The van der Waals surface area contributed by atoms with E-state index in [1.165, 1.54) is 6.07 Å². The Kier molecular flexibility index (Phi) is 2.18. The zero-order valence-corrected chi connectivity index (χ0v) is 10.8. The van der Waals surface area contributed by atoms with Crippen LogP contribution in [0.5, 0.6) is 0 Å². The van der Waals surface area contributed by atoms with Gasteiger partial charge < -0.3 is 4.57 Å². The second-order valence-electron chi connectivity index (χ2n) is 4.72. The Hall–Kier alpha value is -2.69. The first-order valence-corrected chi connectivity index (χ1v) is 6.30. The number of imidazole rings is 1. The van der Waals surface area contributed by atoms with Crippen molar-refractivity contribution in [2.75, 3.05) is 0 Å². The van der Waals surface area contributed by atoms with Crippen LogP contribution in [0.4, 0.5) is 4.39 Å².